The van der Waals surface area contributed by atoms with Crippen molar-refractivity contribution in [1.82, 2.24) is 0 Å². The van der Waals surface area contributed by atoms with E-state index in [9.17, 15) is 12.8 Å². The normalized spacial score (nSPS) is 11.5. The van der Waals surface area contributed by atoms with Gasteiger partial charge in [0.05, 0.1) is 4.90 Å². The van der Waals surface area contributed by atoms with Gasteiger partial charge >= 0.3 is 0 Å². The Morgan fingerprint density at radius 3 is 2.33 bits per heavy atom. The summed E-state index contributed by atoms with van der Waals surface area (Å²) in [5.74, 6) is -0.391. The van der Waals surface area contributed by atoms with Gasteiger partial charge in [0.2, 0.25) is 0 Å². The van der Waals surface area contributed by atoms with Crippen LogP contribution in [0.15, 0.2) is 47.4 Å². The van der Waals surface area contributed by atoms with Gasteiger partial charge in [-0.3, -0.25) is 0 Å². The SMILES string of the molecule is O=S(=O)(Cl)c1ccc(-c2cccc(F)c2)c(Cl)c1. The number of rotatable bonds is 2. The molecule has 0 heterocycles. The number of hydrogen-bond donors (Lipinski definition) is 0. The summed E-state index contributed by atoms with van der Waals surface area (Å²) >= 11 is 5.98. The molecule has 2 aromatic rings. The van der Waals surface area contributed by atoms with Crippen molar-refractivity contribution in [2.45, 2.75) is 4.90 Å². The van der Waals surface area contributed by atoms with E-state index in [2.05, 4.69) is 0 Å². The van der Waals surface area contributed by atoms with E-state index in [1.807, 2.05) is 0 Å². The molecule has 2 nitrogen and oxygen atoms in total. The van der Waals surface area contributed by atoms with Crippen molar-refractivity contribution in [3.63, 3.8) is 0 Å². The number of hydrogen-bond acceptors (Lipinski definition) is 2. The molecule has 0 aromatic heterocycles. The van der Waals surface area contributed by atoms with E-state index in [0.717, 1.165) is 0 Å². The first-order valence-electron chi connectivity index (χ1n) is 4.88. The van der Waals surface area contributed by atoms with E-state index < -0.39 is 14.9 Å². The average molecular weight is 305 g/mol. The largest absolute Gasteiger partial charge is 0.261 e. The van der Waals surface area contributed by atoms with Gasteiger partial charge in [0.25, 0.3) is 9.05 Å². The van der Waals surface area contributed by atoms with E-state index in [0.29, 0.717) is 11.1 Å². The Bertz CT molecular complexity index is 699. The fourth-order valence-corrected chi connectivity index (χ4v) is 2.67. The van der Waals surface area contributed by atoms with Gasteiger partial charge in [-0.05, 0) is 29.8 Å². The fourth-order valence-electron chi connectivity index (χ4n) is 1.54. The zero-order valence-corrected chi connectivity index (χ0v) is 11.2. The van der Waals surface area contributed by atoms with Crippen molar-refractivity contribution in [3.05, 3.63) is 53.3 Å². The molecule has 0 radical (unpaired) electrons. The molecule has 0 saturated carbocycles. The van der Waals surface area contributed by atoms with Crippen LogP contribution in [0.25, 0.3) is 11.1 Å². The van der Waals surface area contributed by atoms with Crippen LogP contribution in [-0.2, 0) is 9.05 Å². The van der Waals surface area contributed by atoms with Gasteiger partial charge in [0.15, 0.2) is 0 Å². The van der Waals surface area contributed by atoms with Gasteiger partial charge in [0, 0.05) is 21.3 Å². The Kier molecular flexibility index (Phi) is 3.61. The minimum Gasteiger partial charge on any atom is -0.207 e. The molecular weight excluding hydrogens is 298 g/mol. The molecule has 0 N–H and O–H groups in total. The van der Waals surface area contributed by atoms with Crippen LogP contribution in [0.3, 0.4) is 0 Å². The summed E-state index contributed by atoms with van der Waals surface area (Å²) in [5, 5.41) is 0.197. The van der Waals surface area contributed by atoms with Crippen LogP contribution in [0.2, 0.25) is 5.02 Å². The number of halogens is 3. The maximum atomic E-state index is 13.1. The van der Waals surface area contributed by atoms with Crippen LogP contribution < -0.4 is 0 Å². The Morgan fingerprint density at radius 1 is 1.06 bits per heavy atom. The first kappa shape index (κ1) is 13.3. The minimum absolute atomic E-state index is 0.0886. The van der Waals surface area contributed by atoms with Crippen LogP contribution in [0.5, 0.6) is 0 Å². The van der Waals surface area contributed by atoms with Crippen LogP contribution in [0.1, 0.15) is 0 Å². The third-order valence-electron chi connectivity index (χ3n) is 2.36. The molecule has 0 aliphatic carbocycles. The van der Waals surface area contributed by atoms with Crippen LogP contribution in [-0.4, -0.2) is 8.42 Å². The first-order valence-corrected chi connectivity index (χ1v) is 7.57. The van der Waals surface area contributed by atoms with Gasteiger partial charge in [0.1, 0.15) is 5.82 Å². The quantitative estimate of drug-likeness (QED) is 0.784. The van der Waals surface area contributed by atoms with Gasteiger partial charge < -0.3 is 0 Å². The summed E-state index contributed by atoms with van der Waals surface area (Å²) in [6, 6.07) is 9.92. The van der Waals surface area contributed by atoms with Gasteiger partial charge in [-0.25, -0.2) is 12.8 Å². The predicted molar refractivity (Wildman–Crippen MR) is 69.9 cm³/mol. The summed E-state index contributed by atoms with van der Waals surface area (Å²) in [6.45, 7) is 0. The van der Waals surface area contributed by atoms with E-state index in [1.165, 1.54) is 30.3 Å². The van der Waals surface area contributed by atoms with Crippen molar-refractivity contribution in [2.75, 3.05) is 0 Å². The van der Waals surface area contributed by atoms with Crippen LogP contribution in [0, 0.1) is 5.82 Å². The van der Waals surface area contributed by atoms with Crippen LogP contribution >= 0.6 is 22.3 Å². The second-order valence-corrected chi connectivity index (χ2v) is 6.56. The molecule has 2 aromatic carbocycles. The number of benzene rings is 2. The lowest BCUT2D eigenvalue weighted by Crippen LogP contribution is -1.91. The lowest BCUT2D eigenvalue weighted by molar-refractivity contribution is 0.609. The summed E-state index contributed by atoms with van der Waals surface area (Å²) < 4.78 is 35.4. The van der Waals surface area contributed by atoms with Crippen molar-refractivity contribution < 1.29 is 12.8 Å². The molecule has 18 heavy (non-hydrogen) atoms. The van der Waals surface area contributed by atoms with E-state index >= 15 is 0 Å². The standard InChI is InChI=1S/C12H7Cl2FO2S/c13-12-7-10(18(14,16)17)4-5-11(12)8-2-1-3-9(15)6-8/h1-7H. The molecule has 0 atom stereocenters. The zero-order chi connectivity index (χ0) is 13.3. The van der Waals surface area contributed by atoms with E-state index in [-0.39, 0.29) is 9.92 Å². The highest BCUT2D eigenvalue weighted by atomic mass is 35.7. The van der Waals surface area contributed by atoms with Gasteiger partial charge in [-0.2, -0.15) is 0 Å². The molecule has 0 saturated heterocycles. The molecular formula is C12H7Cl2FO2S. The molecule has 0 bridgehead atoms. The molecule has 0 spiro atoms. The maximum absolute atomic E-state index is 13.1. The smallest absolute Gasteiger partial charge is 0.207 e. The molecule has 0 amide bonds. The Hall–Kier alpha value is -1.10. The van der Waals surface area contributed by atoms with E-state index in [1.54, 1.807) is 12.1 Å². The van der Waals surface area contributed by atoms with Crippen molar-refractivity contribution in [1.29, 1.82) is 0 Å². The van der Waals surface area contributed by atoms with Crippen molar-refractivity contribution in [2.24, 2.45) is 0 Å². The monoisotopic (exact) mass is 304 g/mol. The summed E-state index contributed by atoms with van der Waals surface area (Å²) in [4.78, 5) is -0.0886. The first-order chi connectivity index (χ1) is 8.38. The van der Waals surface area contributed by atoms with Crippen LogP contribution in [0.4, 0.5) is 4.39 Å². The zero-order valence-electron chi connectivity index (χ0n) is 8.90. The Labute approximate surface area is 113 Å². The molecule has 0 aliphatic rings. The highest BCUT2D eigenvalue weighted by Crippen LogP contribution is 2.31. The highest BCUT2D eigenvalue weighted by molar-refractivity contribution is 8.13. The lowest BCUT2D eigenvalue weighted by Gasteiger charge is -2.06. The molecule has 94 valence electrons. The fraction of sp³-hybridized carbons (Fsp3) is 0. The summed E-state index contributed by atoms with van der Waals surface area (Å²) in [7, 11) is 1.39. The Morgan fingerprint density at radius 2 is 1.78 bits per heavy atom. The predicted octanol–water partition coefficient (Wildman–Crippen LogP) is 4.07. The van der Waals surface area contributed by atoms with Gasteiger partial charge in [-0.15, -0.1) is 0 Å². The van der Waals surface area contributed by atoms with E-state index in [4.69, 9.17) is 22.3 Å². The van der Waals surface area contributed by atoms with Crippen molar-refractivity contribution in [3.8, 4) is 11.1 Å². The third-order valence-corrected chi connectivity index (χ3v) is 4.02. The molecule has 0 unspecified atom stereocenters. The van der Waals surface area contributed by atoms with Crippen molar-refractivity contribution >= 4 is 31.3 Å². The summed E-state index contributed by atoms with van der Waals surface area (Å²) in [5.41, 5.74) is 1.11. The third kappa shape index (κ3) is 2.83. The highest BCUT2D eigenvalue weighted by Gasteiger charge is 2.13. The topological polar surface area (TPSA) is 34.1 Å². The second-order valence-electron chi connectivity index (χ2n) is 3.59. The maximum Gasteiger partial charge on any atom is 0.261 e. The molecule has 2 rings (SSSR count). The molecule has 0 fully saturated rings. The van der Waals surface area contributed by atoms with Gasteiger partial charge in [-0.1, -0.05) is 29.8 Å². The second kappa shape index (κ2) is 4.88. The Balaban J connectivity index is 2.55. The summed E-state index contributed by atoms with van der Waals surface area (Å²) in [6.07, 6.45) is 0. The molecule has 6 heteroatoms. The minimum atomic E-state index is -3.82. The average Bonchev–Trinajstić information content (AvgIpc) is 2.27. The molecule has 0 aliphatic heterocycles. The lowest BCUT2D eigenvalue weighted by atomic mass is 10.1.